The lowest BCUT2D eigenvalue weighted by atomic mass is 10.2. The van der Waals surface area contributed by atoms with E-state index >= 15 is 0 Å². The Hall–Kier alpha value is -0.930. The summed E-state index contributed by atoms with van der Waals surface area (Å²) in [4.78, 5) is 22.2. The largest absolute Gasteiger partial charge is 0.383 e. The zero-order chi connectivity index (χ0) is 17.8. The van der Waals surface area contributed by atoms with Gasteiger partial charge >= 0.3 is 0 Å². The highest BCUT2D eigenvalue weighted by Gasteiger charge is 2.17. The third-order valence-corrected chi connectivity index (χ3v) is 6.57. The molecule has 1 aliphatic rings. The summed E-state index contributed by atoms with van der Waals surface area (Å²) in [5, 5.41) is 1.56. The average Bonchev–Trinajstić information content (AvgIpc) is 2.90. The van der Waals surface area contributed by atoms with Crippen LogP contribution in [0.1, 0.15) is 10.4 Å². The zero-order valence-electron chi connectivity index (χ0n) is 15.0. The first-order chi connectivity index (χ1) is 12.1. The summed E-state index contributed by atoms with van der Waals surface area (Å²) < 4.78 is 12.3. The summed E-state index contributed by atoms with van der Waals surface area (Å²) in [6.07, 6.45) is 0. The summed E-state index contributed by atoms with van der Waals surface area (Å²) in [6.45, 7) is 9.64. The molecule has 0 atom stereocenters. The molecule has 0 N–H and O–H groups in total. The van der Waals surface area contributed by atoms with Crippen LogP contribution >= 0.6 is 23.1 Å². The average molecular weight is 384 g/mol. The van der Waals surface area contributed by atoms with Crippen molar-refractivity contribution >= 4 is 33.3 Å². The Morgan fingerprint density at radius 3 is 2.76 bits per heavy atom. The van der Waals surface area contributed by atoms with Gasteiger partial charge in [0.25, 0.3) is 5.56 Å². The van der Waals surface area contributed by atoms with Crippen molar-refractivity contribution in [1.82, 2.24) is 14.5 Å². The SMILES string of the molecule is COCCn1c(SCCN2CCOCC2)nc2sc(C)c(C)c2c1=O. The molecule has 1 fully saturated rings. The summed E-state index contributed by atoms with van der Waals surface area (Å²) >= 11 is 3.26. The van der Waals surface area contributed by atoms with Gasteiger partial charge in [-0.3, -0.25) is 14.3 Å². The molecule has 0 amide bonds. The number of fused-ring (bicyclic) bond motifs is 1. The van der Waals surface area contributed by atoms with Crippen LogP contribution in [0.15, 0.2) is 9.95 Å². The molecule has 138 valence electrons. The van der Waals surface area contributed by atoms with Crippen LogP contribution in [0, 0.1) is 13.8 Å². The molecule has 0 spiro atoms. The predicted octanol–water partition coefficient (Wildman–Crippen LogP) is 2.15. The first-order valence-electron chi connectivity index (χ1n) is 8.54. The van der Waals surface area contributed by atoms with Crippen molar-refractivity contribution in [1.29, 1.82) is 0 Å². The van der Waals surface area contributed by atoms with Crippen molar-refractivity contribution in [2.24, 2.45) is 0 Å². The molecule has 0 aliphatic carbocycles. The number of aryl methyl sites for hydroxylation is 2. The van der Waals surface area contributed by atoms with Gasteiger partial charge in [-0.15, -0.1) is 11.3 Å². The van der Waals surface area contributed by atoms with Crippen LogP contribution in [0.3, 0.4) is 0 Å². The monoisotopic (exact) mass is 383 g/mol. The van der Waals surface area contributed by atoms with Gasteiger partial charge in [0.15, 0.2) is 5.16 Å². The van der Waals surface area contributed by atoms with E-state index < -0.39 is 0 Å². The van der Waals surface area contributed by atoms with Gasteiger partial charge in [0.2, 0.25) is 0 Å². The summed E-state index contributed by atoms with van der Waals surface area (Å²) in [7, 11) is 1.65. The highest BCUT2D eigenvalue weighted by molar-refractivity contribution is 7.99. The molecule has 25 heavy (non-hydrogen) atoms. The molecule has 8 heteroatoms. The summed E-state index contributed by atoms with van der Waals surface area (Å²) in [6, 6.07) is 0. The maximum atomic E-state index is 13.0. The molecule has 0 unspecified atom stereocenters. The molecule has 0 saturated carbocycles. The summed E-state index contributed by atoms with van der Waals surface area (Å²) in [5.74, 6) is 0.911. The Labute approximate surface area is 156 Å². The fourth-order valence-corrected chi connectivity index (χ4v) is 4.98. The maximum Gasteiger partial charge on any atom is 0.263 e. The highest BCUT2D eigenvalue weighted by atomic mass is 32.2. The molecule has 2 aromatic heterocycles. The molecule has 1 aliphatic heterocycles. The van der Waals surface area contributed by atoms with E-state index in [2.05, 4.69) is 4.90 Å². The van der Waals surface area contributed by atoms with Crippen molar-refractivity contribution in [3.05, 3.63) is 20.8 Å². The standard InChI is InChI=1S/C17H25N3O3S2/c1-12-13(2)25-15-14(12)16(21)20(6-8-22-3)17(18-15)24-11-7-19-4-9-23-10-5-19/h4-11H2,1-3H3. The Morgan fingerprint density at radius 1 is 1.28 bits per heavy atom. The molecule has 0 bridgehead atoms. The Morgan fingerprint density at radius 2 is 2.04 bits per heavy atom. The van der Waals surface area contributed by atoms with Gasteiger partial charge in [-0.2, -0.15) is 0 Å². The third kappa shape index (κ3) is 4.25. The maximum absolute atomic E-state index is 13.0. The number of methoxy groups -OCH3 is 1. The summed E-state index contributed by atoms with van der Waals surface area (Å²) in [5.41, 5.74) is 1.10. The van der Waals surface area contributed by atoms with Gasteiger partial charge in [-0.25, -0.2) is 4.98 Å². The quantitative estimate of drug-likeness (QED) is 0.539. The van der Waals surface area contributed by atoms with E-state index in [4.69, 9.17) is 14.5 Å². The van der Waals surface area contributed by atoms with Crippen LogP contribution < -0.4 is 5.56 Å². The van der Waals surface area contributed by atoms with Gasteiger partial charge in [0.05, 0.1) is 31.8 Å². The van der Waals surface area contributed by atoms with E-state index in [1.165, 1.54) is 0 Å². The number of thioether (sulfide) groups is 1. The minimum absolute atomic E-state index is 0.0535. The Kier molecular flexibility index (Phi) is 6.51. The minimum Gasteiger partial charge on any atom is -0.383 e. The van der Waals surface area contributed by atoms with Gasteiger partial charge in [0.1, 0.15) is 4.83 Å². The smallest absolute Gasteiger partial charge is 0.263 e. The van der Waals surface area contributed by atoms with Crippen LogP contribution in [0.2, 0.25) is 0 Å². The van der Waals surface area contributed by atoms with Crippen molar-refractivity contribution in [2.75, 3.05) is 52.3 Å². The number of ether oxygens (including phenoxy) is 2. The van der Waals surface area contributed by atoms with Crippen molar-refractivity contribution in [3.8, 4) is 0 Å². The minimum atomic E-state index is 0.0535. The number of hydrogen-bond donors (Lipinski definition) is 0. The number of nitrogens with zero attached hydrogens (tertiary/aromatic N) is 3. The molecule has 1 saturated heterocycles. The van der Waals surface area contributed by atoms with Crippen molar-refractivity contribution < 1.29 is 9.47 Å². The zero-order valence-corrected chi connectivity index (χ0v) is 16.7. The van der Waals surface area contributed by atoms with E-state index in [0.717, 1.165) is 64.4 Å². The number of morpholine rings is 1. The van der Waals surface area contributed by atoms with Crippen LogP contribution in [-0.2, 0) is 16.0 Å². The highest BCUT2D eigenvalue weighted by Crippen LogP contribution is 2.28. The molecule has 3 rings (SSSR count). The number of thiophene rings is 1. The van der Waals surface area contributed by atoms with Gasteiger partial charge in [-0.05, 0) is 19.4 Å². The van der Waals surface area contributed by atoms with E-state index in [-0.39, 0.29) is 5.56 Å². The van der Waals surface area contributed by atoms with Crippen LogP contribution in [0.25, 0.3) is 10.2 Å². The first kappa shape index (κ1) is 18.8. The van der Waals surface area contributed by atoms with Crippen LogP contribution in [-0.4, -0.2) is 66.8 Å². The molecule has 3 heterocycles. The Balaban J connectivity index is 1.82. The molecule has 2 aromatic rings. The second-order valence-electron chi connectivity index (χ2n) is 6.11. The topological polar surface area (TPSA) is 56.6 Å². The molecule has 6 nitrogen and oxygen atoms in total. The van der Waals surface area contributed by atoms with Gasteiger partial charge in [0, 0.05) is 37.4 Å². The molecular formula is C17H25N3O3S2. The normalized spacial score (nSPS) is 16.0. The van der Waals surface area contributed by atoms with E-state index in [9.17, 15) is 4.79 Å². The molecular weight excluding hydrogens is 358 g/mol. The number of hydrogen-bond acceptors (Lipinski definition) is 7. The lowest BCUT2D eigenvalue weighted by Gasteiger charge is -2.26. The fourth-order valence-electron chi connectivity index (χ4n) is 2.89. The molecule has 0 aromatic carbocycles. The van der Waals surface area contributed by atoms with Gasteiger partial charge in [-0.1, -0.05) is 11.8 Å². The van der Waals surface area contributed by atoms with Crippen molar-refractivity contribution in [2.45, 2.75) is 25.5 Å². The molecule has 0 radical (unpaired) electrons. The van der Waals surface area contributed by atoms with E-state index in [0.29, 0.717) is 13.2 Å². The van der Waals surface area contributed by atoms with Gasteiger partial charge < -0.3 is 9.47 Å². The second kappa shape index (κ2) is 8.64. The second-order valence-corrected chi connectivity index (χ2v) is 8.38. The third-order valence-electron chi connectivity index (χ3n) is 4.52. The Bertz CT molecular complexity index is 782. The van der Waals surface area contributed by atoms with Crippen LogP contribution in [0.5, 0.6) is 0 Å². The van der Waals surface area contributed by atoms with Crippen LogP contribution in [0.4, 0.5) is 0 Å². The first-order valence-corrected chi connectivity index (χ1v) is 10.3. The lowest BCUT2D eigenvalue weighted by Crippen LogP contribution is -2.37. The lowest BCUT2D eigenvalue weighted by molar-refractivity contribution is 0.0410. The predicted molar refractivity (Wildman–Crippen MR) is 103 cm³/mol. The van der Waals surface area contributed by atoms with E-state index in [1.807, 2.05) is 13.8 Å². The number of rotatable bonds is 7. The number of aromatic nitrogens is 2. The van der Waals surface area contributed by atoms with Crippen molar-refractivity contribution in [3.63, 3.8) is 0 Å². The van der Waals surface area contributed by atoms with E-state index in [1.54, 1.807) is 34.8 Å². The fraction of sp³-hybridized carbons (Fsp3) is 0.647.